The quantitative estimate of drug-likeness (QED) is 0.847. The van der Waals surface area contributed by atoms with Crippen molar-refractivity contribution in [3.63, 3.8) is 0 Å². The van der Waals surface area contributed by atoms with Gasteiger partial charge in [0.25, 0.3) is 5.91 Å². The summed E-state index contributed by atoms with van der Waals surface area (Å²) in [5.41, 5.74) is 0.733. The van der Waals surface area contributed by atoms with Crippen molar-refractivity contribution in [3.8, 4) is 5.75 Å². The number of hydrogen-bond acceptors (Lipinski definition) is 3. The molecule has 140 valence electrons. The summed E-state index contributed by atoms with van der Waals surface area (Å²) >= 11 is 0. The second-order valence-electron chi connectivity index (χ2n) is 7.92. The third kappa shape index (κ3) is 4.02. The predicted octanol–water partition coefficient (Wildman–Crippen LogP) is 3.60. The number of hydrogen-bond donors (Lipinski definition) is 1. The van der Waals surface area contributed by atoms with E-state index in [0.29, 0.717) is 17.7 Å². The molecule has 1 unspecified atom stereocenters. The Labute approximate surface area is 155 Å². The summed E-state index contributed by atoms with van der Waals surface area (Å²) in [5, 5.41) is 2.92. The Morgan fingerprint density at radius 1 is 1.08 bits per heavy atom. The monoisotopic (exact) mass is 356 g/mol. The van der Waals surface area contributed by atoms with Crippen LogP contribution in [0.2, 0.25) is 0 Å². The smallest absolute Gasteiger partial charge is 0.260 e. The van der Waals surface area contributed by atoms with Crippen molar-refractivity contribution in [1.82, 2.24) is 4.90 Å². The van der Waals surface area contributed by atoms with Gasteiger partial charge in [-0.15, -0.1) is 0 Å². The summed E-state index contributed by atoms with van der Waals surface area (Å²) in [6.07, 6.45) is 9.34. The maximum absolute atomic E-state index is 12.7. The average Bonchev–Trinajstić information content (AvgIpc) is 3.15. The van der Waals surface area contributed by atoms with Gasteiger partial charge in [-0.05, 0) is 56.6 Å². The van der Waals surface area contributed by atoms with Crippen molar-refractivity contribution >= 4 is 17.5 Å². The van der Waals surface area contributed by atoms with Crippen molar-refractivity contribution in [2.75, 3.05) is 18.5 Å². The zero-order chi connectivity index (χ0) is 17.9. The molecule has 0 spiro atoms. The normalized spacial score (nSPS) is 23.2. The third-order valence-corrected chi connectivity index (χ3v) is 5.98. The molecule has 5 heteroatoms. The molecule has 26 heavy (non-hydrogen) atoms. The summed E-state index contributed by atoms with van der Waals surface area (Å²) < 4.78 is 5.75. The van der Waals surface area contributed by atoms with Crippen LogP contribution in [0.15, 0.2) is 24.3 Å². The van der Waals surface area contributed by atoms with Gasteiger partial charge in [0.1, 0.15) is 5.75 Å². The molecule has 3 fully saturated rings. The van der Waals surface area contributed by atoms with E-state index >= 15 is 0 Å². The van der Waals surface area contributed by atoms with Gasteiger partial charge in [-0.1, -0.05) is 18.9 Å². The zero-order valence-corrected chi connectivity index (χ0v) is 15.3. The number of rotatable bonds is 6. The molecule has 0 aromatic heterocycles. The number of amides is 2. The van der Waals surface area contributed by atoms with Gasteiger partial charge in [-0.2, -0.15) is 0 Å². The Morgan fingerprint density at radius 2 is 1.88 bits per heavy atom. The van der Waals surface area contributed by atoms with Crippen LogP contribution in [0.5, 0.6) is 5.75 Å². The molecule has 1 atom stereocenters. The molecule has 1 saturated heterocycles. The highest BCUT2D eigenvalue weighted by molar-refractivity contribution is 5.94. The van der Waals surface area contributed by atoms with Crippen molar-refractivity contribution < 1.29 is 14.3 Å². The van der Waals surface area contributed by atoms with Gasteiger partial charge in [0, 0.05) is 30.3 Å². The molecular formula is C21H28N2O3. The Bertz CT molecular complexity index is 665. The van der Waals surface area contributed by atoms with E-state index in [4.69, 9.17) is 4.74 Å². The van der Waals surface area contributed by atoms with Gasteiger partial charge in [0.2, 0.25) is 5.91 Å². The van der Waals surface area contributed by atoms with Gasteiger partial charge in [-0.25, -0.2) is 0 Å². The van der Waals surface area contributed by atoms with Crippen LogP contribution >= 0.6 is 0 Å². The lowest BCUT2D eigenvalue weighted by Crippen LogP contribution is -2.41. The van der Waals surface area contributed by atoms with E-state index in [0.717, 1.165) is 37.9 Å². The molecule has 0 bridgehead atoms. The van der Waals surface area contributed by atoms with Crippen LogP contribution < -0.4 is 10.1 Å². The molecule has 2 aliphatic carbocycles. The van der Waals surface area contributed by atoms with Crippen LogP contribution in [0, 0.1) is 11.8 Å². The minimum Gasteiger partial charge on any atom is -0.484 e. The van der Waals surface area contributed by atoms with Gasteiger partial charge < -0.3 is 15.0 Å². The van der Waals surface area contributed by atoms with Gasteiger partial charge in [-0.3, -0.25) is 9.59 Å². The van der Waals surface area contributed by atoms with Crippen molar-refractivity contribution in [2.45, 2.75) is 57.4 Å². The second kappa shape index (κ2) is 7.68. The summed E-state index contributed by atoms with van der Waals surface area (Å²) in [7, 11) is 0. The molecular weight excluding hydrogens is 328 g/mol. The Kier molecular flexibility index (Phi) is 5.14. The molecule has 1 aromatic rings. The molecule has 1 N–H and O–H groups in total. The van der Waals surface area contributed by atoms with E-state index in [9.17, 15) is 9.59 Å². The van der Waals surface area contributed by atoms with Crippen molar-refractivity contribution in [2.24, 2.45) is 11.8 Å². The molecule has 1 aliphatic heterocycles. The van der Waals surface area contributed by atoms with Crippen LogP contribution in [-0.4, -0.2) is 35.9 Å². The topological polar surface area (TPSA) is 58.6 Å². The van der Waals surface area contributed by atoms with Crippen LogP contribution in [0.25, 0.3) is 0 Å². The number of nitrogens with zero attached hydrogens (tertiary/aromatic N) is 1. The highest BCUT2D eigenvalue weighted by Gasteiger charge is 2.35. The van der Waals surface area contributed by atoms with Crippen molar-refractivity contribution in [3.05, 3.63) is 24.3 Å². The first kappa shape index (κ1) is 17.4. The summed E-state index contributed by atoms with van der Waals surface area (Å²) in [6, 6.07) is 7.74. The molecule has 1 aromatic carbocycles. The number of carbonyl (C=O) groups excluding carboxylic acids is 2. The first-order valence-corrected chi connectivity index (χ1v) is 10.0. The first-order valence-electron chi connectivity index (χ1n) is 10.0. The van der Waals surface area contributed by atoms with E-state index in [1.54, 1.807) is 6.07 Å². The van der Waals surface area contributed by atoms with E-state index in [1.165, 1.54) is 25.7 Å². The fourth-order valence-electron chi connectivity index (χ4n) is 4.42. The summed E-state index contributed by atoms with van der Waals surface area (Å²) in [4.78, 5) is 26.6. The second-order valence-corrected chi connectivity index (χ2v) is 7.92. The zero-order valence-electron chi connectivity index (χ0n) is 15.3. The highest BCUT2D eigenvalue weighted by atomic mass is 16.5. The fraction of sp³-hybridized carbons (Fsp3) is 0.619. The van der Waals surface area contributed by atoms with Crippen LogP contribution in [-0.2, 0) is 9.59 Å². The minimum absolute atomic E-state index is 0.0727. The maximum atomic E-state index is 12.7. The SMILES string of the molecule is O=C(Nc1cccc(OCC(=O)N2CCCC2C2CCCC2)c1)C1CC1. The lowest BCUT2D eigenvalue weighted by molar-refractivity contribution is -0.135. The van der Waals surface area contributed by atoms with Crippen LogP contribution in [0.4, 0.5) is 5.69 Å². The lowest BCUT2D eigenvalue weighted by atomic mass is 9.96. The Balaban J connectivity index is 1.31. The van der Waals surface area contributed by atoms with Crippen LogP contribution in [0.1, 0.15) is 51.4 Å². The molecule has 5 nitrogen and oxygen atoms in total. The van der Waals surface area contributed by atoms with Crippen molar-refractivity contribution in [1.29, 1.82) is 0 Å². The fourth-order valence-corrected chi connectivity index (χ4v) is 4.42. The Hall–Kier alpha value is -2.04. The number of benzene rings is 1. The number of nitrogens with one attached hydrogen (secondary N) is 1. The number of ether oxygens (including phenoxy) is 1. The van der Waals surface area contributed by atoms with E-state index in [2.05, 4.69) is 10.2 Å². The predicted molar refractivity (Wildman–Crippen MR) is 100.0 cm³/mol. The molecule has 1 heterocycles. The van der Waals surface area contributed by atoms with Crippen LogP contribution in [0.3, 0.4) is 0 Å². The van der Waals surface area contributed by atoms with E-state index < -0.39 is 0 Å². The minimum atomic E-state index is 0.0727. The van der Waals surface area contributed by atoms with E-state index in [-0.39, 0.29) is 24.3 Å². The molecule has 2 saturated carbocycles. The highest BCUT2D eigenvalue weighted by Crippen LogP contribution is 2.35. The summed E-state index contributed by atoms with van der Waals surface area (Å²) in [5.74, 6) is 1.65. The molecule has 0 radical (unpaired) electrons. The number of carbonyl (C=O) groups is 2. The van der Waals surface area contributed by atoms with Gasteiger partial charge in [0.15, 0.2) is 6.61 Å². The van der Waals surface area contributed by atoms with E-state index in [1.807, 2.05) is 18.2 Å². The van der Waals surface area contributed by atoms with Gasteiger partial charge >= 0.3 is 0 Å². The summed E-state index contributed by atoms with van der Waals surface area (Å²) in [6.45, 7) is 0.935. The largest absolute Gasteiger partial charge is 0.484 e. The molecule has 3 aliphatic rings. The van der Waals surface area contributed by atoms with Gasteiger partial charge in [0.05, 0.1) is 0 Å². The lowest BCUT2D eigenvalue weighted by Gasteiger charge is -2.29. The maximum Gasteiger partial charge on any atom is 0.260 e. The first-order chi connectivity index (χ1) is 12.7. The number of anilines is 1. The third-order valence-electron chi connectivity index (χ3n) is 5.98. The number of likely N-dealkylation sites (tertiary alicyclic amines) is 1. The molecule has 2 amide bonds. The molecule has 4 rings (SSSR count). The Morgan fingerprint density at radius 3 is 2.65 bits per heavy atom. The standard InChI is InChI=1S/C21H28N2O3/c24-20(23-12-4-9-19(23)15-5-1-2-6-15)14-26-18-8-3-7-17(13-18)22-21(25)16-10-11-16/h3,7-8,13,15-16,19H,1-2,4-6,9-12,14H2,(H,22,25). The average molecular weight is 356 g/mol.